The monoisotopic (exact) mass is 452 g/mol. The van der Waals surface area contributed by atoms with Gasteiger partial charge in [-0.05, 0) is 84.5 Å². The SMILES string of the molecule is CC(=O)C(C)Cc1ccc(OC/C=C(\C)c2ccc(-c3cc(Cl)cc(Cl)c3)cc2)cc1. The topological polar surface area (TPSA) is 26.3 Å². The fourth-order valence-electron chi connectivity index (χ4n) is 3.25. The van der Waals surface area contributed by atoms with Crippen LogP contribution in [0.2, 0.25) is 10.0 Å². The normalized spacial score (nSPS) is 12.5. The van der Waals surface area contributed by atoms with E-state index in [1.54, 1.807) is 13.0 Å². The third-order valence-corrected chi connectivity index (χ3v) is 5.77. The van der Waals surface area contributed by atoms with Crippen molar-refractivity contribution in [3.63, 3.8) is 0 Å². The molecule has 31 heavy (non-hydrogen) atoms. The summed E-state index contributed by atoms with van der Waals surface area (Å²) in [5.41, 5.74) is 5.48. The molecule has 0 radical (unpaired) electrons. The van der Waals surface area contributed by atoms with Crippen LogP contribution in [0.4, 0.5) is 0 Å². The summed E-state index contributed by atoms with van der Waals surface area (Å²) in [7, 11) is 0. The molecular weight excluding hydrogens is 427 g/mol. The molecular formula is C27H26Cl2O2. The molecule has 1 atom stereocenters. The quantitative estimate of drug-likeness (QED) is 0.346. The number of hydrogen-bond donors (Lipinski definition) is 0. The van der Waals surface area contributed by atoms with Gasteiger partial charge < -0.3 is 4.74 Å². The van der Waals surface area contributed by atoms with Crippen molar-refractivity contribution in [3.05, 3.63) is 94.0 Å². The molecule has 1 unspecified atom stereocenters. The fourth-order valence-corrected chi connectivity index (χ4v) is 3.77. The molecule has 0 aliphatic heterocycles. The minimum absolute atomic E-state index is 0.0413. The zero-order chi connectivity index (χ0) is 22.4. The third kappa shape index (κ3) is 6.72. The number of halogens is 2. The molecule has 0 N–H and O–H groups in total. The van der Waals surface area contributed by atoms with E-state index in [0.717, 1.165) is 40.0 Å². The predicted octanol–water partition coefficient (Wildman–Crippen LogP) is 7.91. The number of ether oxygens (including phenoxy) is 1. The lowest BCUT2D eigenvalue weighted by molar-refractivity contribution is -0.120. The number of allylic oxidation sites excluding steroid dienone is 1. The maximum atomic E-state index is 11.4. The molecule has 0 spiro atoms. The van der Waals surface area contributed by atoms with E-state index < -0.39 is 0 Å². The molecule has 3 aromatic rings. The van der Waals surface area contributed by atoms with Gasteiger partial charge in [0.2, 0.25) is 0 Å². The van der Waals surface area contributed by atoms with Gasteiger partial charge in [-0.2, -0.15) is 0 Å². The lowest BCUT2D eigenvalue weighted by atomic mass is 9.98. The maximum absolute atomic E-state index is 11.4. The molecule has 3 aromatic carbocycles. The van der Waals surface area contributed by atoms with Crippen LogP contribution in [0.15, 0.2) is 72.8 Å². The van der Waals surface area contributed by atoms with E-state index in [9.17, 15) is 4.79 Å². The molecule has 0 amide bonds. The van der Waals surface area contributed by atoms with Gasteiger partial charge >= 0.3 is 0 Å². The number of rotatable bonds is 8. The van der Waals surface area contributed by atoms with Gasteiger partial charge in [0, 0.05) is 16.0 Å². The molecule has 3 rings (SSSR count). The first-order valence-corrected chi connectivity index (χ1v) is 11.0. The summed E-state index contributed by atoms with van der Waals surface area (Å²) in [6.45, 7) is 6.15. The number of carbonyl (C=O) groups excluding carboxylic acids is 1. The van der Waals surface area contributed by atoms with Crippen molar-refractivity contribution >= 4 is 34.6 Å². The number of Topliss-reactive ketones (excluding diaryl/α,β-unsaturated/α-hetero) is 1. The molecule has 0 saturated carbocycles. The first kappa shape index (κ1) is 23.1. The molecule has 0 aliphatic rings. The van der Waals surface area contributed by atoms with E-state index in [2.05, 4.69) is 37.3 Å². The van der Waals surface area contributed by atoms with Crippen LogP contribution in [0.1, 0.15) is 31.9 Å². The Hall–Kier alpha value is -2.55. The summed E-state index contributed by atoms with van der Waals surface area (Å²) in [4.78, 5) is 11.4. The lowest BCUT2D eigenvalue weighted by Gasteiger charge is -2.09. The summed E-state index contributed by atoms with van der Waals surface area (Å²) < 4.78 is 5.85. The van der Waals surface area contributed by atoms with Crippen LogP contribution in [0, 0.1) is 5.92 Å². The first-order chi connectivity index (χ1) is 14.8. The lowest BCUT2D eigenvalue weighted by Crippen LogP contribution is -2.09. The van der Waals surface area contributed by atoms with Crippen molar-refractivity contribution in [2.45, 2.75) is 27.2 Å². The highest BCUT2D eigenvalue weighted by atomic mass is 35.5. The van der Waals surface area contributed by atoms with Gasteiger partial charge in [-0.3, -0.25) is 4.79 Å². The second-order valence-corrected chi connectivity index (χ2v) is 8.67. The summed E-state index contributed by atoms with van der Waals surface area (Å²) in [5, 5.41) is 1.25. The molecule has 4 heteroatoms. The van der Waals surface area contributed by atoms with Gasteiger partial charge in [0.1, 0.15) is 18.1 Å². The van der Waals surface area contributed by atoms with Crippen molar-refractivity contribution in [1.29, 1.82) is 0 Å². The van der Waals surface area contributed by atoms with E-state index in [0.29, 0.717) is 16.7 Å². The Labute approximate surface area is 194 Å². The van der Waals surface area contributed by atoms with Crippen molar-refractivity contribution in [3.8, 4) is 16.9 Å². The third-order valence-electron chi connectivity index (χ3n) is 5.33. The standard InChI is InChI=1S/C27H26Cl2O2/c1-18(12-13-31-27-10-4-21(5-11-27)14-19(2)20(3)30)22-6-8-23(9-7-22)24-15-25(28)17-26(29)16-24/h4-12,15-17,19H,13-14H2,1-3H3/b18-12+. The number of ketones is 1. The summed E-state index contributed by atoms with van der Waals surface area (Å²) >= 11 is 12.2. The summed E-state index contributed by atoms with van der Waals surface area (Å²) in [6.07, 6.45) is 2.82. The van der Waals surface area contributed by atoms with Crippen molar-refractivity contribution in [2.75, 3.05) is 6.61 Å². The van der Waals surface area contributed by atoms with Gasteiger partial charge in [-0.1, -0.05) is 66.5 Å². The Morgan fingerprint density at radius 1 is 0.903 bits per heavy atom. The van der Waals surface area contributed by atoms with Gasteiger partial charge in [0.05, 0.1) is 0 Å². The summed E-state index contributed by atoms with van der Waals surface area (Å²) in [5.74, 6) is 1.07. The smallest absolute Gasteiger partial charge is 0.132 e. The Bertz CT molecular complexity index is 1050. The molecule has 0 aliphatic carbocycles. The second kappa shape index (κ2) is 10.7. The van der Waals surface area contributed by atoms with Gasteiger partial charge in [-0.25, -0.2) is 0 Å². The van der Waals surface area contributed by atoms with Crippen LogP contribution in [0.3, 0.4) is 0 Å². The van der Waals surface area contributed by atoms with Crippen LogP contribution in [0.5, 0.6) is 5.75 Å². The zero-order valence-corrected chi connectivity index (χ0v) is 19.5. The average molecular weight is 453 g/mol. The van der Waals surface area contributed by atoms with Crippen LogP contribution in [-0.2, 0) is 11.2 Å². The average Bonchev–Trinajstić information content (AvgIpc) is 2.74. The van der Waals surface area contributed by atoms with Crippen LogP contribution in [-0.4, -0.2) is 12.4 Å². The van der Waals surface area contributed by atoms with Crippen LogP contribution < -0.4 is 4.74 Å². The Morgan fingerprint density at radius 3 is 2.10 bits per heavy atom. The molecule has 0 heterocycles. The van der Waals surface area contributed by atoms with E-state index in [4.69, 9.17) is 27.9 Å². The van der Waals surface area contributed by atoms with Crippen LogP contribution >= 0.6 is 23.2 Å². The van der Waals surface area contributed by atoms with Crippen molar-refractivity contribution in [2.24, 2.45) is 5.92 Å². The summed E-state index contributed by atoms with van der Waals surface area (Å²) in [6, 6.07) is 21.8. The second-order valence-electron chi connectivity index (χ2n) is 7.79. The molecule has 0 bridgehead atoms. The zero-order valence-electron chi connectivity index (χ0n) is 18.0. The first-order valence-electron chi connectivity index (χ1n) is 10.3. The van der Waals surface area contributed by atoms with Crippen molar-refractivity contribution < 1.29 is 9.53 Å². The van der Waals surface area contributed by atoms with Gasteiger partial charge in [-0.15, -0.1) is 0 Å². The Kier molecular flexibility index (Phi) is 7.95. The molecule has 2 nitrogen and oxygen atoms in total. The van der Waals surface area contributed by atoms with E-state index in [1.807, 2.05) is 43.3 Å². The maximum Gasteiger partial charge on any atom is 0.132 e. The Balaban J connectivity index is 1.58. The highest BCUT2D eigenvalue weighted by molar-refractivity contribution is 6.35. The van der Waals surface area contributed by atoms with Crippen molar-refractivity contribution in [1.82, 2.24) is 0 Å². The van der Waals surface area contributed by atoms with Gasteiger partial charge in [0.25, 0.3) is 0 Å². The predicted molar refractivity (Wildman–Crippen MR) is 131 cm³/mol. The van der Waals surface area contributed by atoms with E-state index in [1.165, 1.54) is 0 Å². The highest BCUT2D eigenvalue weighted by Gasteiger charge is 2.08. The molecule has 0 fully saturated rings. The number of benzene rings is 3. The van der Waals surface area contributed by atoms with E-state index in [-0.39, 0.29) is 11.7 Å². The fraction of sp³-hybridized carbons (Fsp3) is 0.222. The number of hydrogen-bond acceptors (Lipinski definition) is 2. The molecule has 0 saturated heterocycles. The van der Waals surface area contributed by atoms with Crippen LogP contribution in [0.25, 0.3) is 16.7 Å². The molecule has 0 aromatic heterocycles. The largest absolute Gasteiger partial charge is 0.490 e. The van der Waals surface area contributed by atoms with Gasteiger partial charge in [0.15, 0.2) is 0 Å². The highest BCUT2D eigenvalue weighted by Crippen LogP contribution is 2.28. The minimum atomic E-state index is 0.0413. The Morgan fingerprint density at radius 2 is 1.52 bits per heavy atom. The van der Waals surface area contributed by atoms with E-state index >= 15 is 0 Å². The number of carbonyl (C=O) groups is 1. The molecule has 160 valence electrons. The minimum Gasteiger partial charge on any atom is -0.490 e.